The van der Waals surface area contributed by atoms with Crippen molar-refractivity contribution in [2.45, 2.75) is 17.9 Å². The van der Waals surface area contributed by atoms with Crippen LogP contribution in [0.25, 0.3) is 0 Å². The van der Waals surface area contributed by atoms with Gasteiger partial charge in [0.05, 0.1) is 12.0 Å². The number of aromatic nitrogens is 2. The molecule has 178 valence electrons. The maximum Gasteiger partial charge on any atom is 0.319 e. The average molecular weight is 484 g/mol. The number of carbonyl (C=O) groups excluding carboxylic acids is 1. The average Bonchev–Trinajstić information content (AvgIpc) is 2.84. The zero-order chi connectivity index (χ0) is 24.0. The Kier molecular flexibility index (Phi) is 7.09. The summed E-state index contributed by atoms with van der Waals surface area (Å²) >= 11 is 0. The molecule has 0 fully saturated rings. The van der Waals surface area contributed by atoms with E-state index in [9.17, 15) is 13.2 Å². The third kappa shape index (κ3) is 5.91. The second-order valence-electron chi connectivity index (χ2n) is 7.43. The van der Waals surface area contributed by atoms with Gasteiger partial charge in [0.1, 0.15) is 11.6 Å². The monoisotopic (exact) mass is 483 g/mol. The first kappa shape index (κ1) is 23.3. The Morgan fingerprint density at radius 3 is 2.76 bits per heavy atom. The van der Waals surface area contributed by atoms with Gasteiger partial charge >= 0.3 is 6.03 Å². The first-order chi connectivity index (χ1) is 16.4. The van der Waals surface area contributed by atoms with Crippen LogP contribution in [0.15, 0.2) is 59.6 Å². The lowest BCUT2D eigenvalue weighted by Crippen LogP contribution is -2.29. The zero-order valence-electron chi connectivity index (χ0n) is 18.5. The summed E-state index contributed by atoms with van der Waals surface area (Å²) in [6.07, 6.45) is 2.15. The van der Waals surface area contributed by atoms with E-state index in [0.717, 1.165) is 0 Å². The molecule has 2 heterocycles. The minimum atomic E-state index is -3.61. The van der Waals surface area contributed by atoms with Crippen LogP contribution < -0.4 is 30.7 Å². The predicted octanol–water partition coefficient (Wildman–Crippen LogP) is 2.64. The van der Waals surface area contributed by atoms with Crippen molar-refractivity contribution in [2.24, 2.45) is 0 Å². The molecule has 34 heavy (non-hydrogen) atoms. The molecule has 3 aromatic rings. The van der Waals surface area contributed by atoms with Crippen molar-refractivity contribution in [2.75, 3.05) is 36.1 Å². The van der Waals surface area contributed by atoms with Crippen molar-refractivity contribution in [3.05, 3.63) is 60.3 Å². The third-order valence-electron chi connectivity index (χ3n) is 4.99. The minimum absolute atomic E-state index is 0.161. The Balaban J connectivity index is 1.47. The van der Waals surface area contributed by atoms with Gasteiger partial charge in [-0.25, -0.2) is 22.9 Å². The normalized spacial score (nSPS) is 14.7. The quantitative estimate of drug-likeness (QED) is 0.381. The molecule has 0 spiro atoms. The van der Waals surface area contributed by atoms with Gasteiger partial charge in [-0.05, 0) is 48.9 Å². The van der Waals surface area contributed by atoms with Crippen LogP contribution in [0.1, 0.15) is 12.0 Å². The van der Waals surface area contributed by atoms with Crippen molar-refractivity contribution >= 4 is 39.2 Å². The van der Waals surface area contributed by atoms with Crippen molar-refractivity contribution in [3.63, 3.8) is 0 Å². The first-order valence-corrected chi connectivity index (χ1v) is 12.1. The smallest absolute Gasteiger partial charge is 0.319 e. The van der Waals surface area contributed by atoms with E-state index in [-0.39, 0.29) is 24.0 Å². The SMILES string of the molecule is COc1ccc(NC(=O)NCc2cnc3nc2NCCCNS(=O)(=O)c2cccc(c2)N3)cc1. The molecule has 11 nitrogen and oxygen atoms in total. The standard InChI is InChI=1S/C22H25N7O4S/c1-33-18-8-6-16(7-9-18)28-22(30)25-14-15-13-24-21-27-17-4-2-5-19(12-17)34(31,32)26-11-3-10-23-20(15)29-21/h2,4-9,12-13,26H,3,10-11,14H2,1H3,(H2,25,28,30)(H2,23,24,27,29). The molecule has 0 unspecified atom stereocenters. The lowest BCUT2D eigenvalue weighted by molar-refractivity contribution is 0.251. The number of benzene rings is 2. The molecule has 1 aliphatic rings. The maximum atomic E-state index is 12.5. The molecule has 0 atom stereocenters. The number of nitrogens with one attached hydrogen (secondary N) is 5. The largest absolute Gasteiger partial charge is 0.497 e. The molecule has 5 N–H and O–H groups in total. The topological polar surface area (TPSA) is 146 Å². The van der Waals surface area contributed by atoms with Crippen molar-refractivity contribution in [1.82, 2.24) is 20.0 Å². The lowest BCUT2D eigenvalue weighted by Gasteiger charge is -2.14. The van der Waals surface area contributed by atoms with Gasteiger partial charge in [0.15, 0.2) is 0 Å². The molecule has 2 aromatic carbocycles. The molecule has 0 saturated heterocycles. The van der Waals surface area contributed by atoms with Crippen molar-refractivity contribution < 1.29 is 17.9 Å². The van der Waals surface area contributed by atoms with E-state index in [2.05, 4.69) is 36.0 Å². The van der Waals surface area contributed by atoms with E-state index in [4.69, 9.17) is 4.74 Å². The fourth-order valence-corrected chi connectivity index (χ4v) is 4.35. The Bertz CT molecular complexity index is 1270. The number of rotatable bonds is 4. The second-order valence-corrected chi connectivity index (χ2v) is 9.20. The number of urea groups is 1. The number of sulfonamides is 1. The molecule has 4 rings (SSSR count). The molecule has 0 aliphatic carbocycles. The highest BCUT2D eigenvalue weighted by Crippen LogP contribution is 2.21. The van der Waals surface area contributed by atoms with Crippen LogP contribution in [-0.2, 0) is 16.6 Å². The number of amides is 2. The van der Waals surface area contributed by atoms with E-state index in [0.29, 0.717) is 47.4 Å². The van der Waals surface area contributed by atoms with Gasteiger partial charge in [-0.3, -0.25) is 0 Å². The van der Waals surface area contributed by atoms with Crippen LogP contribution in [0.5, 0.6) is 5.75 Å². The highest BCUT2D eigenvalue weighted by Gasteiger charge is 2.16. The number of nitrogens with zero attached hydrogens (tertiary/aromatic N) is 2. The van der Waals surface area contributed by atoms with Gasteiger partial charge in [-0.2, -0.15) is 4.98 Å². The van der Waals surface area contributed by atoms with E-state index >= 15 is 0 Å². The minimum Gasteiger partial charge on any atom is -0.497 e. The Morgan fingerprint density at radius 1 is 1.15 bits per heavy atom. The highest BCUT2D eigenvalue weighted by molar-refractivity contribution is 7.89. The fourth-order valence-electron chi connectivity index (χ4n) is 3.23. The lowest BCUT2D eigenvalue weighted by atomic mass is 10.3. The first-order valence-electron chi connectivity index (χ1n) is 10.6. The van der Waals surface area contributed by atoms with Crippen LogP contribution in [0.4, 0.5) is 27.9 Å². The number of fused-ring (bicyclic) bond motifs is 4. The fraction of sp³-hybridized carbons (Fsp3) is 0.227. The summed E-state index contributed by atoms with van der Waals surface area (Å²) in [7, 11) is -2.04. The van der Waals surface area contributed by atoms with Crippen LogP contribution in [0, 0.1) is 0 Å². The summed E-state index contributed by atoms with van der Waals surface area (Å²) in [4.78, 5) is 21.3. The number of anilines is 4. The Labute approximate surface area is 197 Å². The summed E-state index contributed by atoms with van der Waals surface area (Å²) in [5.41, 5.74) is 1.85. The molecule has 1 aliphatic heterocycles. The van der Waals surface area contributed by atoms with Gasteiger partial charge < -0.3 is 26.0 Å². The summed E-state index contributed by atoms with van der Waals surface area (Å²) < 4.78 is 32.7. The van der Waals surface area contributed by atoms with Crippen LogP contribution >= 0.6 is 0 Å². The number of ether oxygens (including phenoxy) is 1. The zero-order valence-corrected chi connectivity index (χ0v) is 19.3. The number of hydrogen-bond acceptors (Lipinski definition) is 8. The third-order valence-corrected chi connectivity index (χ3v) is 6.45. The summed E-state index contributed by atoms with van der Waals surface area (Å²) in [5.74, 6) is 1.54. The molecule has 4 bridgehead atoms. The summed E-state index contributed by atoms with van der Waals surface area (Å²) in [6, 6.07) is 13.0. The van der Waals surface area contributed by atoms with E-state index in [1.54, 1.807) is 49.7 Å². The van der Waals surface area contributed by atoms with Gasteiger partial charge in [-0.1, -0.05) is 6.07 Å². The number of carbonyl (C=O) groups is 1. The van der Waals surface area contributed by atoms with Crippen molar-refractivity contribution in [1.29, 1.82) is 0 Å². The van der Waals surface area contributed by atoms with E-state index in [1.807, 2.05) is 0 Å². The predicted molar refractivity (Wildman–Crippen MR) is 129 cm³/mol. The number of methoxy groups -OCH3 is 1. The van der Waals surface area contributed by atoms with Gasteiger partial charge in [0, 0.05) is 42.8 Å². The van der Waals surface area contributed by atoms with Gasteiger partial charge in [0.2, 0.25) is 16.0 Å². The molecule has 1 aromatic heterocycles. The maximum absolute atomic E-state index is 12.5. The van der Waals surface area contributed by atoms with Crippen LogP contribution in [0.2, 0.25) is 0 Å². The molecule has 12 heteroatoms. The molecule has 2 amide bonds. The second kappa shape index (κ2) is 10.4. The molecule has 0 saturated carbocycles. The highest BCUT2D eigenvalue weighted by atomic mass is 32.2. The summed E-state index contributed by atoms with van der Waals surface area (Å²) in [6.45, 7) is 0.928. The van der Waals surface area contributed by atoms with Gasteiger partial charge in [0.25, 0.3) is 0 Å². The Morgan fingerprint density at radius 2 is 1.97 bits per heavy atom. The van der Waals surface area contributed by atoms with E-state index < -0.39 is 10.0 Å². The van der Waals surface area contributed by atoms with Crippen molar-refractivity contribution in [3.8, 4) is 5.75 Å². The molecular formula is C22H25N7O4S. The van der Waals surface area contributed by atoms with E-state index in [1.165, 1.54) is 12.1 Å². The number of hydrogen-bond donors (Lipinski definition) is 5. The summed E-state index contributed by atoms with van der Waals surface area (Å²) in [5, 5.41) is 11.8. The van der Waals surface area contributed by atoms with Gasteiger partial charge in [-0.15, -0.1) is 0 Å². The Hall–Kier alpha value is -3.90. The molecular weight excluding hydrogens is 458 g/mol. The molecule has 0 radical (unpaired) electrons. The van der Waals surface area contributed by atoms with Crippen LogP contribution in [-0.4, -0.2) is 44.6 Å². The van der Waals surface area contributed by atoms with Crippen LogP contribution in [0.3, 0.4) is 0 Å².